The molecular formula is C20H34IN3O2S. The maximum Gasteiger partial charge on any atom is 0.191 e. The van der Waals surface area contributed by atoms with Gasteiger partial charge < -0.3 is 20.5 Å². The summed E-state index contributed by atoms with van der Waals surface area (Å²) in [4.78, 5) is 4.53. The summed E-state index contributed by atoms with van der Waals surface area (Å²) in [5, 5.41) is 17.7. The number of aliphatic imine (C=N–C) groups is 1. The minimum Gasteiger partial charge on any atom is -0.389 e. The summed E-state index contributed by atoms with van der Waals surface area (Å²) in [5.41, 5.74) is 1.11. The van der Waals surface area contributed by atoms with Gasteiger partial charge in [-0.15, -0.1) is 24.0 Å². The van der Waals surface area contributed by atoms with Crippen LogP contribution in [-0.4, -0.2) is 53.9 Å². The van der Waals surface area contributed by atoms with E-state index in [-0.39, 0.29) is 30.6 Å². The lowest BCUT2D eigenvalue weighted by atomic mass is 10.2. The van der Waals surface area contributed by atoms with E-state index in [9.17, 15) is 5.11 Å². The Balaban J connectivity index is 0.00000364. The quantitative estimate of drug-likeness (QED) is 0.258. The second-order valence-electron chi connectivity index (χ2n) is 6.61. The van der Waals surface area contributed by atoms with Gasteiger partial charge in [0.25, 0.3) is 0 Å². The van der Waals surface area contributed by atoms with Crippen molar-refractivity contribution in [3.05, 3.63) is 35.9 Å². The van der Waals surface area contributed by atoms with Gasteiger partial charge in [-0.3, -0.25) is 4.99 Å². The van der Waals surface area contributed by atoms with Crippen LogP contribution in [-0.2, 0) is 11.3 Å². The molecule has 1 aromatic rings. The third-order valence-corrected chi connectivity index (χ3v) is 5.59. The molecule has 1 aromatic carbocycles. The number of ether oxygens (including phenoxy) is 1. The fourth-order valence-electron chi connectivity index (χ4n) is 3.11. The Morgan fingerprint density at radius 1 is 1.30 bits per heavy atom. The maximum atomic E-state index is 10.1. The van der Waals surface area contributed by atoms with Gasteiger partial charge in [0.1, 0.15) is 0 Å². The summed E-state index contributed by atoms with van der Waals surface area (Å²) in [7, 11) is 0. The van der Waals surface area contributed by atoms with Crippen molar-refractivity contribution in [3.8, 4) is 0 Å². The molecule has 1 aliphatic rings. The molecule has 1 fully saturated rings. The van der Waals surface area contributed by atoms with Crippen molar-refractivity contribution in [2.45, 2.75) is 57.1 Å². The van der Waals surface area contributed by atoms with Crippen LogP contribution in [0.5, 0.6) is 0 Å². The largest absolute Gasteiger partial charge is 0.389 e. The number of rotatable bonds is 10. The first-order valence-electron chi connectivity index (χ1n) is 9.67. The van der Waals surface area contributed by atoms with Crippen molar-refractivity contribution in [2.24, 2.45) is 4.99 Å². The zero-order valence-electron chi connectivity index (χ0n) is 16.4. The lowest BCUT2D eigenvalue weighted by molar-refractivity contribution is 0.0331. The molecule has 5 nitrogen and oxygen atoms in total. The topological polar surface area (TPSA) is 65.9 Å². The van der Waals surface area contributed by atoms with E-state index in [4.69, 9.17) is 4.74 Å². The van der Waals surface area contributed by atoms with E-state index >= 15 is 0 Å². The molecule has 2 rings (SSSR count). The van der Waals surface area contributed by atoms with Gasteiger partial charge in [-0.2, -0.15) is 11.8 Å². The highest BCUT2D eigenvalue weighted by Gasteiger charge is 2.25. The number of nitrogens with zero attached hydrogens (tertiary/aromatic N) is 1. The molecule has 0 spiro atoms. The molecule has 0 aromatic heterocycles. The second-order valence-corrected chi connectivity index (χ2v) is 8.18. The average molecular weight is 507 g/mol. The van der Waals surface area contributed by atoms with E-state index in [0.717, 1.165) is 23.3 Å². The molecule has 3 atom stereocenters. The van der Waals surface area contributed by atoms with E-state index in [1.807, 2.05) is 30.3 Å². The SMILES string of the molecule is CCNC(=NCC(O)COCc1ccccc1)NC1CCC(SCC)C1.I. The smallest absolute Gasteiger partial charge is 0.191 e. The predicted octanol–water partition coefficient (Wildman–Crippen LogP) is 3.41. The number of thioether (sulfide) groups is 1. The molecule has 0 bridgehead atoms. The van der Waals surface area contributed by atoms with Crippen molar-refractivity contribution in [3.63, 3.8) is 0 Å². The zero-order chi connectivity index (χ0) is 18.6. The number of benzene rings is 1. The van der Waals surface area contributed by atoms with Gasteiger partial charge in [0.2, 0.25) is 0 Å². The van der Waals surface area contributed by atoms with E-state index in [1.165, 1.54) is 25.0 Å². The summed E-state index contributed by atoms with van der Waals surface area (Å²) in [6, 6.07) is 10.5. The molecule has 0 heterocycles. The number of hydrogen-bond acceptors (Lipinski definition) is 4. The number of guanidine groups is 1. The monoisotopic (exact) mass is 507 g/mol. The third kappa shape index (κ3) is 10.0. The summed E-state index contributed by atoms with van der Waals surface area (Å²) >= 11 is 2.05. The molecule has 1 aliphatic carbocycles. The van der Waals surface area contributed by atoms with Crippen LogP contribution < -0.4 is 10.6 Å². The van der Waals surface area contributed by atoms with Crippen LogP contribution in [0.2, 0.25) is 0 Å². The van der Waals surface area contributed by atoms with E-state index < -0.39 is 6.10 Å². The number of halogens is 1. The Hall–Kier alpha value is -0.510. The Bertz CT molecular complexity index is 533. The molecule has 27 heavy (non-hydrogen) atoms. The van der Waals surface area contributed by atoms with Crippen LogP contribution in [0.1, 0.15) is 38.7 Å². The van der Waals surface area contributed by atoms with Crippen LogP contribution in [0.15, 0.2) is 35.3 Å². The Labute approximate surface area is 185 Å². The van der Waals surface area contributed by atoms with Crippen molar-refractivity contribution in [1.82, 2.24) is 10.6 Å². The molecule has 0 aliphatic heterocycles. The lowest BCUT2D eigenvalue weighted by Crippen LogP contribution is -2.43. The molecular weight excluding hydrogens is 473 g/mol. The highest BCUT2D eigenvalue weighted by Crippen LogP contribution is 2.29. The molecule has 154 valence electrons. The highest BCUT2D eigenvalue weighted by atomic mass is 127. The first-order valence-corrected chi connectivity index (χ1v) is 10.7. The van der Waals surface area contributed by atoms with Crippen LogP contribution in [0, 0.1) is 0 Å². The van der Waals surface area contributed by atoms with Crippen LogP contribution >= 0.6 is 35.7 Å². The highest BCUT2D eigenvalue weighted by molar-refractivity contribution is 14.0. The minimum absolute atomic E-state index is 0. The fourth-order valence-corrected chi connectivity index (χ4v) is 4.25. The van der Waals surface area contributed by atoms with Crippen molar-refractivity contribution < 1.29 is 9.84 Å². The first-order chi connectivity index (χ1) is 12.7. The second kappa shape index (κ2) is 14.5. The summed E-state index contributed by atoms with van der Waals surface area (Å²) in [5.74, 6) is 1.97. The fraction of sp³-hybridized carbons (Fsp3) is 0.650. The third-order valence-electron chi connectivity index (χ3n) is 4.35. The number of aliphatic hydroxyl groups excluding tert-OH is 1. The van der Waals surface area contributed by atoms with E-state index in [1.54, 1.807) is 0 Å². The average Bonchev–Trinajstić information content (AvgIpc) is 3.08. The van der Waals surface area contributed by atoms with Crippen molar-refractivity contribution in [2.75, 3.05) is 25.4 Å². The number of aliphatic hydroxyl groups is 1. The summed E-state index contributed by atoms with van der Waals surface area (Å²) < 4.78 is 5.59. The van der Waals surface area contributed by atoms with Gasteiger partial charge in [-0.05, 0) is 37.5 Å². The molecule has 0 saturated heterocycles. The Morgan fingerprint density at radius 3 is 2.78 bits per heavy atom. The molecule has 3 N–H and O–H groups in total. The zero-order valence-corrected chi connectivity index (χ0v) is 19.5. The molecule has 0 amide bonds. The normalized spacial score (nSPS) is 20.8. The van der Waals surface area contributed by atoms with E-state index in [2.05, 4.69) is 41.2 Å². The Morgan fingerprint density at radius 2 is 2.07 bits per heavy atom. The molecule has 1 saturated carbocycles. The lowest BCUT2D eigenvalue weighted by Gasteiger charge is -2.18. The standard InChI is InChI=1S/C20H33N3O2S.HI/c1-3-21-20(23-17-10-11-19(12-17)26-4-2)22-13-18(24)15-25-14-16-8-6-5-7-9-16;/h5-9,17-19,24H,3-4,10-15H2,1-2H3,(H2,21,22,23);1H. The van der Waals surface area contributed by atoms with Gasteiger partial charge in [-0.1, -0.05) is 37.3 Å². The molecule has 0 radical (unpaired) electrons. The van der Waals surface area contributed by atoms with Gasteiger partial charge in [-0.25, -0.2) is 0 Å². The summed E-state index contributed by atoms with van der Waals surface area (Å²) in [6.45, 7) is 6.23. The van der Waals surface area contributed by atoms with Crippen LogP contribution in [0.25, 0.3) is 0 Å². The van der Waals surface area contributed by atoms with Gasteiger partial charge in [0.15, 0.2) is 5.96 Å². The molecule has 7 heteroatoms. The van der Waals surface area contributed by atoms with Crippen LogP contribution in [0.4, 0.5) is 0 Å². The first kappa shape index (κ1) is 24.5. The van der Waals surface area contributed by atoms with Gasteiger partial charge in [0, 0.05) is 17.8 Å². The predicted molar refractivity (Wildman–Crippen MR) is 126 cm³/mol. The van der Waals surface area contributed by atoms with Gasteiger partial charge in [0.05, 0.1) is 25.9 Å². The van der Waals surface area contributed by atoms with E-state index in [0.29, 0.717) is 19.2 Å². The number of hydrogen-bond donors (Lipinski definition) is 3. The number of nitrogens with one attached hydrogen (secondary N) is 2. The minimum atomic E-state index is -0.596. The maximum absolute atomic E-state index is 10.1. The van der Waals surface area contributed by atoms with Crippen molar-refractivity contribution in [1.29, 1.82) is 0 Å². The molecule has 3 unspecified atom stereocenters. The van der Waals surface area contributed by atoms with Crippen molar-refractivity contribution >= 4 is 41.7 Å². The van der Waals surface area contributed by atoms with Crippen LogP contribution in [0.3, 0.4) is 0 Å². The van der Waals surface area contributed by atoms with Gasteiger partial charge >= 0.3 is 0 Å². The Kier molecular flexibility index (Phi) is 13.2. The summed E-state index contributed by atoms with van der Waals surface area (Å²) in [6.07, 6.45) is 3.04.